The van der Waals surface area contributed by atoms with E-state index in [0.29, 0.717) is 0 Å². The van der Waals surface area contributed by atoms with Crippen molar-refractivity contribution in [2.24, 2.45) is 0 Å². The van der Waals surface area contributed by atoms with Crippen molar-refractivity contribution in [3.05, 3.63) is 102 Å². The third-order valence-corrected chi connectivity index (χ3v) is 5.52. The molecule has 3 heteroatoms. The van der Waals surface area contributed by atoms with Crippen LogP contribution in [0.3, 0.4) is 0 Å². The fraction of sp³-hybridized carbons (Fsp3) is 0.160. The molecule has 0 radical (unpaired) electrons. The van der Waals surface area contributed by atoms with Gasteiger partial charge in [-0.15, -0.1) is 0 Å². The third-order valence-electron chi connectivity index (χ3n) is 5.52. The third kappa shape index (κ3) is 3.25. The summed E-state index contributed by atoms with van der Waals surface area (Å²) in [6.45, 7) is 3.09. The molecule has 3 nitrogen and oxygen atoms in total. The van der Waals surface area contributed by atoms with E-state index in [1.165, 1.54) is 27.7 Å². The molecular formula is C25H23N3. The summed E-state index contributed by atoms with van der Waals surface area (Å²) >= 11 is 0. The number of para-hydroxylation sites is 1. The van der Waals surface area contributed by atoms with Gasteiger partial charge in [-0.1, -0.05) is 54.6 Å². The molecular weight excluding hydrogens is 342 g/mol. The normalized spacial score (nSPS) is 14.6. The number of rotatable bonds is 4. The molecule has 0 N–H and O–H groups in total. The molecule has 0 spiro atoms. The molecule has 2 aromatic carbocycles. The first-order chi connectivity index (χ1) is 13.9. The van der Waals surface area contributed by atoms with E-state index in [9.17, 15) is 0 Å². The Hall–Kier alpha value is -3.17. The van der Waals surface area contributed by atoms with Gasteiger partial charge in [0.05, 0.1) is 5.52 Å². The Kier molecular flexibility index (Phi) is 4.51. The molecule has 0 unspecified atom stereocenters. The summed E-state index contributed by atoms with van der Waals surface area (Å²) in [5.41, 5.74) is 6.69. The molecule has 28 heavy (non-hydrogen) atoms. The van der Waals surface area contributed by atoms with Gasteiger partial charge in [0, 0.05) is 55.7 Å². The standard InChI is InChI=1S/C25H23N3/c1-2-7-21(8-3-1)18-27-15-13-25-23(19-27)22-10-4-5-11-24(22)28(25)16-12-20-9-6-14-26-17-20/h1-12,14,16-17H,13,15,18-19H2/b16-12-. The molecule has 3 heterocycles. The largest absolute Gasteiger partial charge is 0.320 e. The first-order valence-corrected chi connectivity index (χ1v) is 9.84. The Morgan fingerprint density at radius 3 is 2.64 bits per heavy atom. The molecule has 0 atom stereocenters. The second kappa shape index (κ2) is 7.45. The van der Waals surface area contributed by atoms with Gasteiger partial charge in [0.1, 0.15) is 0 Å². The van der Waals surface area contributed by atoms with Crippen LogP contribution in [0.1, 0.15) is 22.4 Å². The van der Waals surface area contributed by atoms with Crippen molar-refractivity contribution < 1.29 is 0 Å². The van der Waals surface area contributed by atoms with Crippen molar-refractivity contribution >= 4 is 23.2 Å². The minimum atomic E-state index is 0.998. The van der Waals surface area contributed by atoms with Crippen LogP contribution in [-0.4, -0.2) is 21.0 Å². The maximum absolute atomic E-state index is 4.22. The van der Waals surface area contributed by atoms with Crippen molar-refractivity contribution in [1.82, 2.24) is 14.5 Å². The molecule has 0 fully saturated rings. The number of pyridine rings is 1. The van der Waals surface area contributed by atoms with Gasteiger partial charge >= 0.3 is 0 Å². The summed E-state index contributed by atoms with van der Waals surface area (Å²) in [7, 11) is 0. The van der Waals surface area contributed by atoms with Crippen molar-refractivity contribution in [3.8, 4) is 0 Å². The molecule has 0 bridgehead atoms. The highest BCUT2D eigenvalue weighted by Gasteiger charge is 2.23. The van der Waals surface area contributed by atoms with E-state index in [1.54, 1.807) is 0 Å². The summed E-state index contributed by atoms with van der Waals surface area (Å²) in [5.74, 6) is 0. The lowest BCUT2D eigenvalue weighted by Crippen LogP contribution is -2.30. The SMILES string of the molecule is C(=C/n1c2c(c3ccccc31)CN(Cc1ccccc1)CC2)/c1cccnc1. The van der Waals surface area contributed by atoms with Crippen molar-refractivity contribution in [3.63, 3.8) is 0 Å². The van der Waals surface area contributed by atoms with Crippen molar-refractivity contribution in [1.29, 1.82) is 0 Å². The molecule has 0 saturated carbocycles. The van der Waals surface area contributed by atoms with Gasteiger partial charge in [-0.3, -0.25) is 9.88 Å². The average Bonchev–Trinajstić information content (AvgIpc) is 3.07. The van der Waals surface area contributed by atoms with Crippen molar-refractivity contribution in [2.45, 2.75) is 19.5 Å². The zero-order valence-electron chi connectivity index (χ0n) is 15.8. The number of benzene rings is 2. The zero-order valence-corrected chi connectivity index (χ0v) is 15.8. The molecule has 1 aliphatic rings. The van der Waals surface area contributed by atoms with Gasteiger partial charge in [-0.25, -0.2) is 0 Å². The van der Waals surface area contributed by atoms with Crippen LogP contribution in [0.2, 0.25) is 0 Å². The van der Waals surface area contributed by atoms with Crippen LogP contribution in [-0.2, 0) is 19.5 Å². The van der Waals surface area contributed by atoms with Gasteiger partial charge < -0.3 is 4.57 Å². The predicted molar refractivity (Wildman–Crippen MR) is 116 cm³/mol. The van der Waals surface area contributed by atoms with E-state index in [1.807, 2.05) is 18.5 Å². The zero-order chi connectivity index (χ0) is 18.8. The Morgan fingerprint density at radius 2 is 1.79 bits per heavy atom. The average molecular weight is 365 g/mol. The quantitative estimate of drug-likeness (QED) is 0.494. The first kappa shape index (κ1) is 17.0. The monoisotopic (exact) mass is 365 g/mol. The Bertz CT molecular complexity index is 1110. The molecule has 0 amide bonds. The predicted octanol–water partition coefficient (Wildman–Crippen LogP) is 5.22. The van der Waals surface area contributed by atoms with Crippen LogP contribution >= 0.6 is 0 Å². The van der Waals surface area contributed by atoms with Gasteiger partial charge in [-0.2, -0.15) is 0 Å². The minimum absolute atomic E-state index is 0.998. The Morgan fingerprint density at radius 1 is 0.929 bits per heavy atom. The number of aromatic nitrogens is 2. The summed E-state index contributed by atoms with van der Waals surface area (Å²) in [6, 6.07) is 23.6. The van der Waals surface area contributed by atoms with E-state index in [0.717, 1.165) is 31.6 Å². The highest BCUT2D eigenvalue weighted by Crippen LogP contribution is 2.32. The van der Waals surface area contributed by atoms with E-state index in [2.05, 4.69) is 87.4 Å². The van der Waals surface area contributed by atoms with Gasteiger partial charge in [0.15, 0.2) is 0 Å². The van der Waals surface area contributed by atoms with Crippen LogP contribution in [0.25, 0.3) is 23.2 Å². The number of hydrogen-bond donors (Lipinski definition) is 0. The van der Waals surface area contributed by atoms with E-state index in [-0.39, 0.29) is 0 Å². The number of nitrogens with zero attached hydrogens (tertiary/aromatic N) is 3. The van der Waals surface area contributed by atoms with Crippen LogP contribution in [0, 0.1) is 0 Å². The minimum Gasteiger partial charge on any atom is -0.320 e. The highest BCUT2D eigenvalue weighted by atomic mass is 15.1. The summed E-state index contributed by atoms with van der Waals surface area (Å²) in [5, 5.41) is 1.37. The molecule has 4 aromatic rings. The molecule has 0 saturated heterocycles. The van der Waals surface area contributed by atoms with Gasteiger partial charge in [0.25, 0.3) is 0 Å². The van der Waals surface area contributed by atoms with Gasteiger partial charge in [-0.05, 0) is 34.9 Å². The lowest BCUT2D eigenvalue weighted by molar-refractivity contribution is 0.245. The van der Waals surface area contributed by atoms with E-state index >= 15 is 0 Å². The van der Waals surface area contributed by atoms with Crippen LogP contribution in [0.4, 0.5) is 0 Å². The van der Waals surface area contributed by atoms with E-state index < -0.39 is 0 Å². The summed E-state index contributed by atoms with van der Waals surface area (Å²) in [4.78, 5) is 6.77. The maximum atomic E-state index is 4.22. The maximum Gasteiger partial charge on any atom is 0.0528 e. The van der Waals surface area contributed by atoms with Gasteiger partial charge in [0.2, 0.25) is 0 Å². The Balaban J connectivity index is 1.50. The molecule has 138 valence electrons. The number of fused-ring (bicyclic) bond motifs is 3. The van der Waals surface area contributed by atoms with Crippen molar-refractivity contribution in [2.75, 3.05) is 6.54 Å². The second-order valence-electron chi connectivity index (χ2n) is 7.36. The van der Waals surface area contributed by atoms with Crippen LogP contribution in [0.5, 0.6) is 0 Å². The fourth-order valence-electron chi connectivity index (χ4n) is 4.18. The summed E-state index contributed by atoms with van der Waals surface area (Å²) in [6.07, 6.45) is 9.12. The summed E-state index contributed by atoms with van der Waals surface area (Å²) < 4.78 is 2.37. The molecule has 1 aliphatic heterocycles. The first-order valence-electron chi connectivity index (χ1n) is 9.84. The lowest BCUT2D eigenvalue weighted by Gasteiger charge is -2.28. The number of hydrogen-bond acceptors (Lipinski definition) is 2. The van der Waals surface area contributed by atoms with Crippen LogP contribution < -0.4 is 0 Å². The molecule has 5 rings (SSSR count). The Labute approximate surface area is 165 Å². The smallest absolute Gasteiger partial charge is 0.0528 e. The molecule has 0 aliphatic carbocycles. The fourth-order valence-corrected chi connectivity index (χ4v) is 4.18. The second-order valence-corrected chi connectivity index (χ2v) is 7.36. The van der Waals surface area contributed by atoms with Crippen LogP contribution in [0.15, 0.2) is 79.1 Å². The highest BCUT2D eigenvalue weighted by molar-refractivity contribution is 5.88. The van der Waals surface area contributed by atoms with E-state index in [4.69, 9.17) is 0 Å². The topological polar surface area (TPSA) is 21.1 Å². The molecule has 2 aromatic heterocycles. The lowest BCUT2D eigenvalue weighted by atomic mass is 10.0.